The first-order chi connectivity index (χ1) is 5.18. The van der Waals surface area contributed by atoms with Crippen LogP contribution in [0, 0.1) is 0 Å². The van der Waals surface area contributed by atoms with Crippen molar-refractivity contribution >= 4 is 0 Å². The third-order valence-corrected chi connectivity index (χ3v) is 2.43. The van der Waals surface area contributed by atoms with E-state index in [1.807, 2.05) is 0 Å². The second-order valence-corrected chi connectivity index (χ2v) is 3.53. The number of quaternary nitrogens is 1. The fourth-order valence-electron chi connectivity index (χ4n) is 1.44. The molecule has 0 aliphatic rings. The fourth-order valence-corrected chi connectivity index (χ4v) is 1.44. The first kappa shape index (κ1) is 10.9. The molecule has 68 valence electrons. The number of nitrogens with two attached hydrogens (primary N) is 1. The summed E-state index contributed by atoms with van der Waals surface area (Å²) in [6, 6.07) is 0. The van der Waals surface area contributed by atoms with Gasteiger partial charge in [-0.05, 0) is 19.9 Å². The van der Waals surface area contributed by atoms with Gasteiger partial charge >= 0.3 is 0 Å². The zero-order valence-corrected chi connectivity index (χ0v) is 8.27. The molecule has 0 heterocycles. The molecule has 0 fully saturated rings. The van der Waals surface area contributed by atoms with Crippen LogP contribution in [0.1, 0.15) is 26.7 Å². The Morgan fingerprint density at radius 2 is 1.82 bits per heavy atom. The molecule has 0 amide bonds. The Bertz CT molecular complexity index is 93.6. The summed E-state index contributed by atoms with van der Waals surface area (Å²) >= 11 is 0. The van der Waals surface area contributed by atoms with Crippen molar-refractivity contribution in [3.63, 3.8) is 0 Å². The zero-order chi connectivity index (χ0) is 8.74. The third kappa shape index (κ3) is 4.38. The van der Waals surface area contributed by atoms with Gasteiger partial charge in [0.15, 0.2) is 0 Å². The lowest BCUT2D eigenvalue weighted by atomic mass is 10.3. The molecule has 0 bridgehead atoms. The molecule has 0 aliphatic carbocycles. The van der Waals surface area contributed by atoms with Crippen LogP contribution >= 0.6 is 0 Å². The van der Waals surface area contributed by atoms with Crippen molar-refractivity contribution in [2.75, 3.05) is 33.2 Å². The minimum absolute atomic E-state index is 0.831. The Hall–Kier alpha value is -0.0800. The topological polar surface area (TPSA) is 26.0 Å². The first-order valence-electron chi connectivity index (χ1n) is 4.72. The van der Waals surface area contributed by atoms with Gasteiger partial charge in [-0.15, -0.1) is 0 Å². The zero-order valence-electron chi connectivity index (χ0n) is 8.27. The lowest BCUT2D eigenvalue weighted by molar-refractivity contribution is -0.908. The van der Waals surface area contributed by atoms with Crippen molar-refractivity contribution in [2.45, 2.75) is 26.7 Å². The van der Waals surface area contributed by atoms with E-state index in [1.165, 1.54) is 30.5 Å². The SMILES string of the molecule is CCC[N+](C)(CC)CCCN. The smallest absolute Gasteiger partial charge is 0.0796 e. The highest BCUT2D eigenvalue weighted by Gasteiger charge is 2.15. The van der Waals surface area contributed by atoms with Crippen LogP contribution in [0.3, 0.4) is 0 Å². The predicted octanol–water partition coefficient (Wildman–Crippen LogP) is 1.21. The van der Waals surface area contributed by atoms with Gasteiger partial charge < -0.3 is 10.2 Å². The van der Waals surface area contributed by atoms with Gasteiger partial charge in [-0.3, -0.25) is 0 Å². The van der Waals surface area contributed by atoms with Crippen LogP contribution in [-0.4, -0.2) is 37.7 Å². The van der Waals surface area contributed by atoms with Crippen LogP contribution in [0.15, 0.2) is 0 Å². The van der Waals surface area contributed by atoms with Gasteiger partial charge in [0.2, 0.25) is 0 Å². The molecule has 1 atom stereocenters. The van der Waals surface area contributed by atoms with Crippen LogP contribution in [-0.2, 0) is 0 Å². The van der Waals surface area contributed by atoms with E-state index in [-0.39, 0.29) is 0 Å². The van der Waals surface area contributed by atoms with E-state index in [0.29, 0.717) is 0 Å². The summed E-state index contributed by atoms with van der Waals surface area (Å²) in [5.74, 6) is 0. The summed E-state index contributed by atoms with van der Waals surface area (Å²) < 4.78 is 1.19. The van der Waals surface area contributed by atoms with Crippen LogP contribution in [0.25, 0.3) is 0 Å². The third-order valence-electron chi connectivity index (χ3n) is 2.43. The minimum atomic E-state index is 0.831. The Labute approximate surface area is 71.0 Å². The number of nitrogens with zero attached hydrogens (tertiary/aromatic N) is 1. The summed E-state index contributed by atoms with van der Waals surface area (Å²) in [7, 11) is 2.32. The molecule has 2 N–H and O–H groups in total. The molecule has 2 nitrogen and oxygen atoms in total. The quantitative estimate of drug-likeness (QED) is 0.579. The van der Waals surface area contributed by atoms with Crippen molar-refractivity contribution in [3.8, 4) is 0 Å². The molecule has 0 saturated heterocycles. The summed E-state index contributed by atoms with van der Waals surface area (Å²) in [6.07, 6.45) is 2.43. The van der Waals surface area contributed by atoms with E-state index in [4.69, 9.17) is 5.73 Å². The molecular weight excluding hydrogens is 136 g/mol. The van der Waals surface area contributed by atoms with Gasteiger partial charge in [0.25, 0.3) is 0 Å². The highest BCUT2D eigenvalue weighted by Crippen LogP contribution is 2.04. The molecule has 0 aromatic carbocycles. The lowest BCUT2D eigenvalue weighted by Crippen LogP contribution is -2.45. The largest absolute Gasteiger partial charge is 0.330 e. The van der Waals surface area contributed by atoms with Gasteiger partial charge in [-0.25, -0.2) is 0 Å². The Kier molecular flexibility index (Phi) is 5.51. The van der Waals surface area contributed by atoms with Gasteiger partial charge in [0.1, 0.15) is 0 Å². The molecule has 0 aliphatic heterocycles. The Balaban J connectivity index is 3.68. The first-order valence-corrected chi connectivity index (χ1v) is 4.72. The van der Waals surface area contributed by atoms with E-state index in [1.54, 1.807) is 0 Å². The van der Waals surface area contributed by atoms with Crippen LogP contribution < -0.4 is 5.73 Å². The van der Waals surface area contributed by atoms with Crippen LogP contribution in [0.5, 0.6) is 0 Å². The van der Waals surface area contributed by atoms with E-state index in [9.17, 15) is 0 Å². The van der Waals surface area contributed by atoms with Gasteiger partial charge in [-0.1, -0.05) is 6.92 Å². The lowest BCUT2D eigenvalue weighted by Gasteiger charge is -2.33. The molecule has 11 heavy (non-hydrogen) atoms. The summed E-state index contributed by atoms with van der Waals surface area (Å²) in [6.45, 7) is 9.09. The van der Waals surface area contributed by atoms with Crippen LogP contribution in [0.2, 0.25) is 0 Å². The number of rotatable bonds is 6. The summed E-state index contributed by atoms with van der Waals surface area (Å²) in [4.78, 5) is 0. The second kappa shape index (κ2) is 5.56. The standard InChI is InChI=1S/C9H23N2/c1-4-8-11(3,5-2)9-6-7-10/h4-10H2,1-3H3/q+1. The molecule has 0 spiro atoms. The molecule has 1 unspecified atom stereocenters. The van der Waals surface area contributed by atoms with E-state index < -0.39 is 0 Å². The van der Waals surface area contributed by atoms with E-state index >= 15 is 0 Å². The highest BCUT2D eigenvalue weighted by atomic mass is 15.3. The van der Waals surface area contributed by atoms with Crippen molar-refractivity contribution in [1.29, 1.82) is 0 Å². The van der Waals surface area contributed by atoms with Gasteiger partial charge in [0, 0.05) is 6.42 Å². The maximum atomic E-state index is 5.48. The summed E-state index contributed by atoms with van der Waals surface area (Å²) in [5.41, 5.74) is 5.48. The molecule has 0 aromatic rings. The Morgan fingerprint density at radius 3 is 2.18 bits per heavy atom. The molecule has 0 aromatic heterocycles. The summed E-state index contributed by atoms with van der Waals surface area (Å²) in [5, 5.41) is 0. The van der Waals surface area contributed by atoms with E-state index in [0.717, 1.165) is 13.0 Å². The molecular formula is C9H23N2+. The van der Waals surface area contributed by atoms with Crippen LogP contribution in [0.4, 0.5) is 0 Å². The highest BCUT2D eigenvalue weighted by molar-refractivity contribution is 4.40. The molecule has 0 radical (unpaired) electrons. The average Bonchev–Trinajstić information content (AvgIpc) is 2.02. The van der Waals surface area contributed by atoms with Crippen molar-refractivity contribution in [3.05, 3.63) is 0 Å². The second-order valence-electron chi connectivity index (χ2n) is 3.53. The van der Waals surface area contributed by atoms with E-state index in [2.05, 4.69) is 20.9 Å². The molecule has 0 rings (SSSR count). The number of hydrogen-bond acceptors (Lipinski definition) is 1. The predicted molar refractivity (Wildman–Crippen MR) is 50.4 cm³/mol. The normalized spacial score (nSPS) is 16.4. The van der Waals surface area contributed by atoms with Crippen molar-refractivity contribution in [1.82, 2.24) is 0 Å². The fraction of sp³-hybridized carbons (Fsp3) is 1.00. The molecule has 2 heteroatoms. The van der Waals surface area contributed by atoms with Crippen molar-refractivity contribution in [2.24, 2.45) is 5.73 Å². The molecule has 0 saturated carbocycles. The number of hydrogen-bond donors (Lipinski definition) is 1. The monoisotopic (exact) mass is 159 g/mol. The Morgan fingerprint density at radius 1 is 1.18 bits per heavy atom. The average molecular weight is 159 g/mol. The maximum absolute atomic E-state index is 5.48. The maximum Gasteiger partial charge on any atom is 0.0796 e. The van der Waals surface area contributed by atoms with Gasteiger partial charge in [-0.2, -0.15) is 0 Å². The minimum Gasteiger partial charge on any atom is -0.330 e. The van der Waals surface area contributed by atoms with Gasteiger partial charge in [0.05, 0.1) is 26.7 Å². The van der Waals surface area contributed by atoms with Crippen molar-refractivity contribution < 1.29 is 4.48 Å².